The van der Waals surface area contributed by atoms with Crippen molar-refractivity contribution < 1.29 is 18.7 Å². The molecule has 0 unspecified atom stereocenters. The number of nitrogens with one attached hydrogen (secondary N) is 1. The first-order valence-electron chi connectivity index (χ1n) is 9.62. The van der Waals surface area contributed by atoms with Crippen molar-refractivity contribution in [3.8, 4) is 17.6 Å². The maximum Gasteiger partial charge on any atom is 0.305 e. The molecule has 160 valence electrons. The summed E-state index contributed by atoms with van der Waals surface area (Å²) in [6.07, 6.45) is 3.97. The first-order valence-corrected chi connectivity index (χ1v) is 10.00. The second kappa shape index (κ2) is 10.6. The summed E-state index contributed by atoms with van der Waals surface area (Å²) in [6, 6.07) is 8.00. The summed E-state index contributed by atoms with van der Waals surface area (Å²) in [5.41, 5.74) is 1.96. The number of carbonyl (C=O) groups excluding carboxylic acids is 1. The summed E-state index contributed by atoms with van der Waals surface area (Å²) >= 11 is 5.87. The summed E-state index contributed by atoms with van der Waals surface area (Å²) in [7, 11) is 2.95. The van der Waals surface area contributed by atoms with Crippen LogP contribution in [-0.4, -0.2) is 30.2 Å². The quantitative estimate of drug-likeness (QED) is 0.306. The highest BCUT2D eigenvalue weighted by atomic mass is 35.5. The molecule has 1 heterocycles. The van der Waals surface area contributed by atoms with E-state index in [1.165, 1.54) is 25.6 Å². The third-order valence-corrected chi connectivity index (χ3v) is 4.81. The molecule has 1 aromatic heterocycles. The van der Waals surface area contributed by atoms with Gasteiger partial charge in [0.1, 0.15) is 23.7 Å². The van der Waals surface area contributed by atoms with E-state index in [2.05, 4.69) is 31.9 Å². The van der Waals surface area contributed by atoms with Gasteiger partial charge in [0.2, 0.25) is 0 Å². The van der Waals surface area contributed by atoms with E-state index in [4.69, 9.17) is 16.3 Å². The number of carbonyl (C=O) groups is 1. The van der Waals surface area contributed by atoms with E-state index >= 15 is 0 Å². The molecule has 1 N–H and O–H groups in total. The molecule has 31 heavy (non-hydrogen) atoms. The van der Waals surface area contributed by atoms with Gasteiger partial charge in [0.15, 0.2) is 0 Å². The van der Waals surface area contributed by atoms with Crippen molar-refractivity contribution in [1.29, 1.82) is 0 Å². The Balaban J connectivity index is 1.84. The number of ether oxygens (including phenoxy) is 2. The van der Waals surface area contributed by atoms with Crippen LogP contribution in [0.5, 0.6) is 5.75 Å². The maximum atomic E-state index is 13.4. The first-order chi connectivity index (χ1) is 15.0. The molecule has 3 rings (SSSR count). The molecular weight excluding hydrogens is 421 g/mol. The summed E-state index contributed by atoms with van der Waals surface area (Å²) < 4.78 is 23.5. The predicted octanol–water partition coefficient (Wildman–Crippen LogP) is 5.26. The molecule has 0 aliphatic heterocycles. The first kappa shape index (κ1) is 22.3. The molecule has 3 aromatic rings. The highest BCUT2D eigenvalue weighted by molar-refractivity contribution is 6.31. The van der Waals surface area contributed by atoms with Crippen LogP contribution in [0.25, 0.3) is 10.9 Å². The zero-order valence-electron chi connectivity index (χ0n) is 17.2. The number of benzene rings is 2. The molecule has 0 spiro atoms. The lowest BCUT2D eigenvalue weighted by molar-refractivity contribution is -0.140. The van der Waals surface area contributed by atoms with Crippen LogP contribution in [0, 0.1) is 17.7 Å². The average molecular weight is 442 g/mol. The van der Waals surface area contributed by atoms with Crippen LogP contribution in [0.1, 0.15) is 31.2 Å². The third-order valence-electron chi connectivity index (χ3n) is 4.52. The van der Waals surface area contributed by atoms with E-state index < -0.39 is 5.82 Å². The molecular formula is C23H21ClFN3O3. The van der Waals surface area contributed by atoms with Gasteiger partial charge in [0.25, 0.3) is 0 Å². The number of anilines is 2. The minimum Gasteiger partial charge on any atom is -0.495 e. The van der Waals surface area contributed by atoms with Crippen molar-refractivity contribution in [1.82, 2.24) is 9.97 Å². The van der Waals surface area contributed by atoms with Crippen LogP contribution in [-0.2, 0) is 9.53 Å². The Hall–Kier alpha value is -3.37. The Morgan fingerprint density at radius 1 is 1.19 bits per heavy atom. The predicted molar refractivity (Wildman–Crippen MR) is 118 cm³/mol. The number of unbranched alkanes of at least 4 members (excludes halogenated alkanes) is 2. The second-order valence-electron chi connectivity index (χ2n) is 6.63. The van der Waals surface area contributed by atoms with Crippen molar-refractivity contribution in [3.63, 3.8) is 0 Å². The highest BCUT2D eigenvalue weighted by Gasteiger charge is 2.10. The van der Waals surface area contributed by atoms with Gasteiger partial charge in [-0.25, -0.2) is 14.4 Å². The van der Waals surface area contributed by atoms with Gasteiger partial charge in [-0.3, -0.25) is 4.79 Å². The highest BCUT2D eigenvalue weighted by Crippen LogP contribution is 2.30. The zero-order chi connectivity index (χ0) is 22.2. The summed E-state index contributed by atoms with van der Waals surface area (Å²) in [5.74, 6) is 6.67. The molecule has 8 heteroatoms. The van der Waals surface area contributed by atoms with Gasteiger partial charge in [0, 0.05) is 30.0 Å². The molecule has 0 radical (unpaired) electrons. The van der Waals surface area contributed by atoms with E-state index in [1.807, 2.05) is 6.07 Å². The van der Waals surface area contributed by atoms with Gasteiger partial charge in [-0.2, -0.15) is 0 Å². The number of nitrogens with zero attached hydrogens (tertiary/aromatic N) is 2. The summed E-state index contributed by atoms with van der Waals surface area (Å²) in [4.78, 5) is 19.8. The topological polar surface area (TPSA) is 73.3 Å². The molecule has 0 amide bonds. The van der Waals surface area contributed by atoms with E-state index in [0.29, 0.717) is 41.2 Å². The lowest BCUT2D eigenvalue weighted by Crippen LogP contribution is -1.99. The average Bonchev–Trinajstić information content (AvgIpc) is 2.78. The lowest BCUT2D eigenvalue weighted by atomic mass is 10.1. The molecule has 6 nitrogen and oxygen atoms in total. The second-order valence-corrected chi connectivity index (χ2v) is 7.04. The van der Waals surface area contributed by atoms with E-state index in [0.717, 1.165) is 18.2 Å². The minimum atomic E-state index is -0.492. The zero-order valence-corrected chi connectivity index (χ0v) is 17.9. The minimum absolute atomic E-state index is 0.0174. The Labute approximate surface area is 184 Å². The fourth-order valence-corrected chi connectivity index (χ4v) is 3.08. The fraction of sp³-hybridized carbons (Fsp3) is 0.261. The largest absolute Gasteiger partial charge is 0.495 e. The van der Waals surface area contributed by atoms with Crippen molar-refractivity contribution in [2.45, 2.75) is 25.7 Å². The number of rotatable bonds is 7. The smallest absolute Gasteiger partial charge is 0.305 e. The van der Waals surface area contributed by atoms with E-state index in [9.17, 15) is 9.18 Å². The maximum absolute atomic E-state index is 13.4. The summed E-state index contributed by atoms with van der Waals surface area (Å²) in [6.45, 7) is 0. The van der Waals surface area contributed by atoms with Gasteiger partial charge in [0.05, 0.1) is 30.3 Å². The van der Waals surface area contributed by atoms with Crippen LogP contribution in [0.15, 0.2) is 36.7 Å². The molecule has 0 aliphatic rings. The van der Waals surface area contributed by atoms with Crippen molar-refractivity contribution in [3.05, 3.63) is 53.1 Å². The van der Waals surface area contributed by atoms with Crippen LogP contribution in [0.2, 0.25) is 5.02 Å². The van der Waals surface area contributed by atoms with Crippen molar-refractivity contribution in [2.75, 3.05) is 19.5 Å². The number of esters is 1. The third kappa shape index (κ3) is 5.83. The molecule has 0 saturated carbocycles. The Morgan fingerprint density at radius 3 is 2.77 bits per heavy atom. The van der Waals surface area contributed by atoms with Crippen LogP contribution >= 0.6 is 11.6 Å². The standard InChI is InChI=1S/C23H21ClFN3O3/c1-30-21-13-20-17(11-15(21)7-5-3-4-6-8-22(29)31-2)23(27-14-26-20)28-16-9-10-19(25)18(24)12-16/h9-14H,3-4,6,8H2,1-2H3,(H,26,27,28). The van der Waals surface area contributed by atoms with E-state index in [1.54, 1.807) is 19.2 Å². The SMILES string of the molecule is COC(=O)CCCCC#Cc1cc2c(Nc3ccc(F)c(Cl)c3)ncnc2cc1OC. The van der Waals surface area contributed by atoms with E-state index in [-0.39, 0.29) is 11.0 Å². The molecule has 0 atom stereocenters. The Bertz CT molecular complexity index is 1160. The van der Waals surface area contributed by atoms with Crippen LogP contribution in [0.3, 0.4) is 0 Å². The van der Waals surface area contributed by atoms with Crippen molar-refractivity contribution >= 4 is 40.0 Å². The van der Waals surface area contributed by atoms with Gasteiger partial charge in [-0.05, 0) is 37.1 Å². The number of hydrogen-bond donors (Lipinski definition) is 1. The fourth-order valence-electron chi connectivity index (χ4n) is 2.90. The van der Waals surface area contributed by atoms with Crippen LogP contribution in [0.4, 0.5) is 15.9 Å². The van der Waals surface area contributed by atoms with Gasteiger partial charge in [-0.15, -0.1) is 0 Å². The number of methoxy groups -OCH3 is 2. The van der Waals surface area contributed by atoms with Crippen molar-refractivity contribution in [2.24, 2.45) is 0 Å². The molecule has 0 bridgehead atoms. The Kier molecular flexibility index (Phi) is 7.63. The number of aromatic nitrogens is 2. The monoisotopic (exact) mass is 441 g/mol. The number of hydrogen-bond acceptors (Lipinski definition) is 6. The molecule has 0 saturated heterocycles. The van der Waals surface area contributed by atoms with Gasteiger partial charge in [-0.1, -0.05) is 23.4 Å². The van der Waals surface area contributed by atoms with Gasteiger partial charge >= 0.3 is 5.97 Å². The molecule has 0 fully saturated rings. The normalized spacial score (nSPS) is 10.3. The molecule has 0 aliphatic carbocycles. The molecule has 2 aromatic carbocycles. The van der Waals surface area contributed by atoms with Crippen LogP contribution < -0.4 is 10.1 Å². The number of fused-ring (bicyclic) bond motifs is 1. The number of halogens is 2. The van der Waals surface area contributed by atoms with Gasteiger partial charge < -0.3 is 14.8 Å². The summed E-state index contributed by atoms with van der Waals surface area (Å²) in [5, 5.41) is 3.90. The lowest BCUT2D eigenvalue weighted by Gasteiger charge is -2.11. The Morgan fingerprint density at radius 2 is 2.03 bits per heavy atom.